The van der Waals surface area contributed by atoms with Gasteiger partial charge in [-0.05, 0) is 48.4 Å². The highest BCUT2D eigenvalue weighted by atomic mass is 16.5. The first-order chi connectivity index (χ1) is 18.8. The molecule has 0 saturated heterocycles. The molecule has 0 unspecified atom stereocenters. The summed E-state index contributed by atoms with van der Waals surface area (Å²) in [6.45, 7) is 2.54. The number of methoxy groups -OCH3 is 3. The Kier molecular flexibility index (Phi) is 10.7. The topological polar surface area (TPSA) is 108 Å². The second kappa shape index (κ2) is 14.1. The van der Waals surface area contributed by atoms with Crippen LogP contribution in [0.1, 0.15) is 51.0 Å². The Bertz CT molecular complexity index is 1350. The largest absolute Gasteiger partial charge is 0.504 e. The summed E-state index contributed by atoms with van der Waals surface area (Å²) in [4.78, 5) is 25.5. The van der Waals surface area contributed by atoms with Crippen LogP contribution in [-0.4, -0.2) is 43.5 Å². The van der Waals surface area contributed by atoms with Crippen LogP contribution < -0.4 is 29.8 Å². The van der Waals surface area contributed by atoms with Crippen molar-refractivity contribution < 1.29 is 28.8 Å². The van der Waals surface area contributed by atoms with E-state index in [-0.39, 0.29) is 17.4 Å². The quantitative estimate of drug-likeness (QED) is 0.201. The molecule has 0 aliphatic rings. The molecular weight excluding hydrogens is 500 g/mol. The monoisotopic (exact) mass is 538 g/mol. The predicted octanol–water partition coefficient (Wildman–Crippen LogP) is 5.66. The van der Waals surface area contributed by atoms with Gasteiger partial charge in [0, 0.05) is 24.2 Å². The number of aryl methyl sites for hydroxylation is 1. The minimum Gasteiger partial charge on any atom is -0.504 e. The van der Waals surface area contributed by atoms with Gasteiger partial charge in [0.2, 0.25) is 17.4 Å². The SMILES string of the molecule is CCCCCCCCOc1c(O)c2ccc(NC(=O)/C=C/c3cc(OC)c(OC)c(OC)c3)cc2n(C)c1=O. The fraction of sp³-hybridized carbons (Fsp3) is 0.400. The van der Waals surface area contributed by atoms with Crippen molar-refractivity contribution in [1.29, 1.82) is 0 Å². The van der Waals surface area contributed by atoms with E-state index in [1.807, 2.05) is 0 Å². The fourth-order valence-electron chi connectivity index (χ4n) is 4.31. The Hall–Kier alpha value is -4.14. The third kappa shape index (κ3) is 7.25. The average molecular weight is 539 g/mol. The first kappa shape index (κ1) is 29.4. The van der Waals surface area contributed by atoms with Crippen molar-refractivity contribution in [2.24, 2.45) is 7.05 Å². The van der Waals surface area contributed by atoms with Crippen molar-refractivity contribution in [3.63, 3.8) is 0 Å². The molecule has 1 heterocycles. The third-order valence-corrected chi connectivity index (χ3v) is 6.45. The van der Waals surface area contributed by atoms with Gasteiger partial charge in [-0.2, -0.15) is 0 Å². The van der Waals surface area contributed by atoms with Gasteiger partial charge in [0.05, 0.1) is 33.5 Å². The minimum atomic E-state index is -0.434. The zero-order valence-corrected chi connectivity index (χ0v) is 23.3. The number of nitrogens with one attached hydrogen (secondary N) is 1. The van der Waals surface area contributed by atoms with Gasteiger partial charge in [0.1, 0.15) is 0 Å². The van der Waals surface area contributed by atoms with Crippen molar-refractivity contribution in [2.45, 2.75) is 45.4 Å². The van der Waals surface area contributed by atoms with Crippen LogP contribution in [-0.2, 0) is 11.8 Å². The van der Waals surface area contributed by atoms with Gasteiger partial charge >= 0.3 is 0 Å². The van der Waals surface area contributed by atoms with Crippen LogP contribution in [0, 0.1) is 0 Å². The molecule has 9 heteroatoms. The van der Waals surface area contributed by atoms with Gasteiger partial charge < -0.3 is 33.9 Å². The van der Waals surface area contributed by atoms with Gasteiger partial charge in [-0.25, -0.2) is 0 Å². The maximum absolute atomic E-state index is 12.9. The number of hydrogen-bond donors (Lipinski definition) is 2. The van der Waals surface area contributed by atoms with E-state index >= 15 is 0 Å². The smallest absolute Gasteiger partial charge is 0.297 e. The second-order valence-corrected chi connectivity index (χ2v) is 9.17. The molecule has 210 valence electrons. The van der Waals surface area contributed by atoms with Gasteiger partial charge in [0.25, 0.3) is 5.56 Å². The van der Waals surface area contributed by atoms with E-state index in [1.165, 1.54) is 51.2 Å². The number of pyridine rings is 1. The first-order valence-electron chi connectivity index (χ1n) is 13.1. The lowest BCUT2D eigenvalue weighted by Gasteiger charge is -2.14. The Morgan fingerprint density at radius 2 is 1.62 bits per heavy atom. The number of anilines is 1. The summed E-state index contributed by atoms with van der Waals surface area (Å²) in [6, 6.07) is 8.41. The molecule has 0 atom stereocenters. The minimum absolute atomic E-state index is 0.0522. The van der Waals surface area contributed by atoms with Crippen LogP contribution in [0.5, 0.6) is 28.7 Å². The van der Waals surface area contributed by atoms with Gasteiger partial charge in [-0.15, -0.1) is 0 Å². The average Bonchev–Trinajstić information content (AvgIpc) is 2.95. The highest BCUT2D eigenvalue weighted by Crippen LogP contribution is 2.38. The number of aromatic hydroxyl groups is 1. The number of aromatic nitrogens is 1. The molecule has 39 heavy (non-hydrogen) atoms. The van der Waals surface area contributed by atoms with Crippen LogP contribution in [0.4, 0.5) is 5.69 Å². The van der Waals surface area contributed by atoms with E-state index in [2.05, 4.69) is 12.2 Å². The molecule has 9 nitrogen and oxygen atoms in total. The number of rotatable bonds is 14. The Balaban J connectivity index is 1.73. The zero-order chi connectivity index (χ0) is 28.4. The second-order valence-electron chi connectivity index (χ2n) is 9.17. The molecule has 2 aromatic carbocycles. The summed E-state index contributed by atoms with van der Waals surface area (Å²) < 4.78 is 23.1. The van der Waals surface area contributed by atoms with Crippen LogP contribution >= 0.6 is 0 Å². The van der Waals surface area contributed by atoms with Crippen molar-refractivity contribution in [3.05, 3.63) is 52.3 Å². The molecule has 0 spiro atoms. The number of unbranched alkanes of at least 4 members (excludes halogenated alkanes) is 5. The van der Waals surface area contributed by atoms with Crippen molar-refractivity contribution in [2.75, 3.05) is 33.3 Å². The van der Waals surface area contributed by atoms with Crippen molar-refractivity contribution >= 4 is 28.6 Å². The van der Waals surface area contributed by atoms with E-state index in [9.17, 15) is 14.7 Å². The number of nitrogens with zero attached hydrogens (tertiary/aromatic N) is 1. The summed E-state index contributed by atoms with van der Waals surface area (Å²) in [7, 11) is 6.17. The maximum Gasteiger partial charge on any atom is 0.297 e. The maximum atomic E-state index is 12.9. The molecule has 3 aromatic rings. The van der Waals surface area contributed by atoms with E-state index < -0.39 is 5.56 Å². The summed E-state index contributed by atoms with van der Waals surface area (Å²) in [5.41, 5.74) is 1.18. The molecule has 1 aromatic heterocycles. The molecule has 0 saturated carbocycles. The van der Waals surface area contributed by atoms with Crippen LogP contribution in [0.25, 0.3) is 17.0 Å². The molecule has 0 aliphatic carbocycles. The highest BCUT2D eigenvalue weighted by molar-refractivity contribution is 6.03. The first-order valence-corrected chi connectivity index (χ1v) is 13.1. The normalized spacial score (nSPS) is 11.1. The Labute approximate surface area is 229 Å². The zero-order valence-electron chi connectivity index (χ0n) is 23.3. The third-order valence-electron chi connectivity index (χ3n) is 6.45. The van der Waals surface area contributed by atoms with E-state index in [0.717, 1.165) is 19.3 Å². The number of fused-ring (bicyclic) bond motifs is 1. The summed E-state index contributed by atoms with van der Waals surface area (Å²) in [6.07, 6.45) is 9.57. The molecule has 0 fully saturated rings. The molecule has 0 radical (unpaired) electrons. The number of carbonyl (C=O) groups excluding carboxylic acids is 1. The lowest BCUT2D eigenvalue weighted by atomic mass is 10.1. The molecular formula is C30H38N2O7. The molecule has 1 amide bonds. The number of carbonyl (C=O) groups is 1. The summed E-state index contributed by atoms with van der Waals surface area (Å²) in [5.74, 6) is 0.784. The highest BCUT2D eigenvalue weighted by Gasteiger charge is 2.17. The van der Waals surface area contributed by atoms with Gasteiger partial charge in [-0.1, -0.05) is 39.0 Å². The predicted molar refractivity (Wildman–Crippen MR) is 153 cm³/mol. The fourth-order valence-corrected chi connectivity index (χ4v) is 4.31. The van der Waals surface area contributed by atoms with E-state index in [1.54, 1.807) is 43.5 Å². The summed E-state index contributed by atoms with van der Waals surface area (Å²) in [5, 5.41) is 14.0. The number of benzene rings is 2. The number of ether oxygens (including phenoxy) is 4. The molecule has 2 N–H and O–H groups in total. The van der Waals surface area contributed by atoms with Gasteiger partial charge in [0.15, 0.2) is 17.2 Å². The molecule has 0 aliphatic heterocycles. The van der Waals surface area contributed by atoms with Gasteiger partial charge in [-0.3, -0.25) is 9.59 Å². The lowest BCUT2D eigenvalue weighted by molar-refractivity contribution is -0.111. The summed E-state index contributed by atoms with van der Waals surface area (Å²) >= 11 is 0. The standard InChI is InChI=1S/C30H38N2O7/c1-6-7-8-9-10-11-16-39-29-27(34)22-14-13-21(19-23(22)32(2)30(29)35)31-26(33)15-12-20-17-24(36-3)28(38-5)25(18-20)37-4/h12-15,17-19,34H,6-11,16H2,1-5H3,(H,31,33)/b15-12+. The number of hydrogen-bond acceptors (Lipinski definition) is 7. The van der Waals surface area contributed by atoms with Crippen molar-refractivity contribution in [1.82, 2.24) is 4.57 Å². The Morgan fingerprint density at radius 3 is 2.26 bits per heavy atom. The molecule has 3 rings (SSSR count). The molecule has 0 bridgehead atoms. The van der Waals surface area contributed by atoms with Crippen LogP contribution in [0.3, 0.4) is 0 Å². The number of amides is 1. The van der Waals surface area contributed by atoms with E-state index in [4.69, 9.17) is 18.9 Å². The van der Waals surface area contributed by atoms with Crippen molar-refractivity contribution in [3.8, 4) is 28.7 Å². The van der Waals surface area contributed by atoms with Crippen LogP contribution in [0.2, 0.25) is 0 Å². The van der Waals surface area contributed by atoms with E-state index in [0.29, 0.717) is 46.0 Å². The Morgan fingerprint density at radius 1 is 0.949 bits per heavy atom. The van der Waals surface area contributed by atoms with Crippen LogP contribution in [0.15, 0.2) is 41.2 Å². The lowest BCUT2D eigenvalue weighted by Crippen LogP contribution is -2.20.